The molecule has 2 aromatic rings. The zero-order valence-electron chi connectivity index (χ0n) is 13.3. The smallest absolute Gasteiger partial charge is 0.236 e. The molecule has 0 saturated carbocycles. The van der Waals surface area contributed by atoms with E-state index < -0.39 is 9.84 Å². The molecule has 0 aliphatic carbocycles. The second-order valence-electron chi connectivity index (χ2n) is 5.34. The molecule has 1 heterocycles. The predicted molar refractivity (Wildman–Crippen MR) is 98.7 cm³/mol. The minimum atomic E-state index is -3.66. The number of carbonyl (C=O) groups excluding carboxylic acids is 1. The first-order chi connectivity index (χ1) is 12.0. The van der Waals surface area contributed by atoms with Gasteiger partial charge >= 0.3 is 0 Å². The Morgan fingerprint density at radius 1 is 1.12 bits per heavy atom. The SMILES string of the molecule is Cc1ccc(S(=O)(=O)c2ccccc2C=NN=C2NC(=O)CS2)cc1. The van der Waals surface area contributed by atoms with E-state index in [1.54, 1.807) is 42.5 Å². The van der Waals surface area contributed by atoms with Crippen molar-refractivity contribution in [1.82, 2.24) is 5.32 Å². The van der Waals surface area contributed by atoms with Crippen LogP contribution >= 0.6 is 11.8 Å². The molecule has 0 radical (unpaired) electrons. The van der Waals surface area contributed by atoms with Crippen LogP contribution < -0.4 is 5.32 Å². The third kappa shape index (κ3) is 3.97. The number of hydrogen-bond donors (Lipinski definition) is 1. The first-order valence-corrected chi connectivity index (χ1v) is 9.88. The molecule has 0 bridgehead atoms. The zero-order chi connectivity index (χ0) is 17.9. The van der Waals surface area contributed by atoms with Gasteiger partial charge in [0.25, 0.3) is 0 Å². The molecule has 0 unspecified atom stereocenters. The number of thioether (sulfide) groups is 1. The van der Waals surface area contributed by atoms with E-state index in [0.717, 1.165) is 5.56 Å². The largest absolute Gasteiger partial charge is 0.303 e. The number of amidine groups is 1. The van der Waals surface area contributed by atoms with E-state index in [0.29, 0.717) is 16.5 Å². The molecule has 0 atom stereocenters. The van der Waals surface area contributed by atoms with Gasteiger partial charge in [-0.25, -0.2) is 8.42 Å². The summed E-state index contributed by atoms with van der Waals surface area (Å²) in [5.41, 5.74) is 1.42. The van der Waals surface area contributed by atoms with Crippen LogP contribution in [-0.4, -0.2) is 31.5 Å². The van der Waals surface area contributed by atoms with Gasteiger partial charge in [0.05, 0.1) is 21.8 Å². The van der Waals surface area contributed by atoms with Crippen molar-refractivity contribution in [2.75, 3.05) is 5.75 Å². The number of benzene rings is 2. The minimum absolute atomic E-state index is 0.124. The van der Waals surface area contributed by atoms with E-state index in [2.05, 4.69) is 15.5 Å². The van der Waals surface area contributed by atoms with Gasteiger partial charge < -0.3 is 5.32 Å². The number of hydrogen-bond acceptors (Lipinski definition) is 6. The second-order valence-corrected chi connectivity index (χ2v) is 8.22. The Labute approximate surface area is 150 Å². The number of carbonyl (C=O) groups is 1. The third-order valence-electron chi connectivity index (χ3n) is 3.47. The molecule has 1 amide bonds. The van der Waals surface area contributed by atoms with Crippen LogP contribution in [0.4, 0.5) is 0 Å². The quantitative estimate of drug-likeness (QED) is 0.658. The van der Waals surface area contributed by atoms with Gasteiger partial charge in [0.1, 0.15) is 0 Å². The third-order valence-corrected chi connectivity index (χ3v) is 6.18. The van der Waals surface area contributed by atoms with E-state index in [1.165, 1.54) is 24.0 Å². The molecule has 1 N–H and O–H groups in total. The van der Waals surface area contributed by atoms with Crippen LogP contribution in [0.5, 0.6) is 0 Å². The second kappa shape index (κ2) is 7.20. The van der Waals surface area contributed by atoms with E-state index in [4.69, 9.17) is 0 Å². The molecule has 2 aromatic carbocycles. The molecule has 0 spiro atoms. The van der Waals surface area contributed by atoms with Crippen LogP contribution in [0.3, 0.4) is 0 Å². The van der Waals surface area contributed by atoms with Crippen molar-refractivity contribution in [2.24, 2.45) is 10.2 Å². The lowest BCUT2D eigenvalue weighted by Crippen LogP contribution is -2.19. The maximum Gasteiger partial charge on any atom is 0.236 e. The van der Waals surface area contributed by atoms with Crippen molar-refractivity contribution in [3.63, 3.8) is 0 Å². The standard InChI is InChI=1S/C17H15N3O3S2/c1-12-6-8-14(9-7-12)25(22,23)15-5-3-2-4-13(15)10-18-20-17-19-16(21)11-24-17/h2-10H,11H2,1H3,(H,19,20,21). The molecule has 3 rings (SSSR count). The lowest BCUT2D eigenvalue weighted by Gasteiger charge is -2.07. The minimum Gasteiger partial charge on any atom is -0.303 e. The van der Waals surface area contributed by atoms with Crippen molar-refractivity contribution in [3.8, 4) is 0 Å². The maximum absolute atomic E-state index is 12.9. The van der Waals surface area contributed by atoms with Crippen molar-refractivity contribution >= 4 is 38.9 Å². The molecular formula is C17H15N3O3S2. The molecule has 1 saturated heterocycles. The normalized spacial score (nSPS) is 16.5. The Balaban J connectivity index is 1.93. The zero-order valence-corrected chi connectivity index (χ0v) is 15.0. The number of rotatable bonds is 4. The van der Waals surface area contributed by atoms with Gasteiger partial charge in [-0.3, -0.25) is 4.79 Å². The van der Waals surface area contributed by atoms with Crippen LogP contribution in [0.15, 0.2) is 68.5 Å². The molecule has 25 heavy (non-hydrogen) atoms. The van der Waals surface area contributed by atoms with Gasteiger partial charge in [0.15, 0.2) is 5.17 Å². The van der Waals surface area contributed by atoms with Crippen molar-refractivity contribution in [3.05, 3.63) is 59.7 Å². The Morgan fingerprint density at radius 2 is 1.84 bits per heavy atom. The van der Waals surface area contributed by atoms with Gasteiger partial charge in [0.2, 0.25) is 15.7 Å². The van der Waals surface area contributed by atoms with E-state index in [1.807, 2.05) is 6.92 Å². The molecule has 0 aromatic heterocycles. The first kappa shape index (κ1) is 17.4. The van der Waals surface area contributed by atoms with Gasteiger partial charge in [0, 0.05) is 5.56 Å². The molecule has 8 heteroatoms. The fourth-order valence-corrected chi connectivity index (χ4v) is 4.27. The van der Waals surface area contributed by atoms with Gasteiger partial charge in [-0.2, -0.15) is 5.10 Å². The molecule has 6 nitrogen and oxygen atoms in total. The Kier molecular flexibility index (Phi) is 5.00. The predicted octanol–water partition coefficient (Wildman–Crippen LogP) is 2.38. The number of sulfone groups is 1. The Hall–Kier alpha value is -2.45. The topological polar surface area (TPSA) is 88.0 Å². The highest BCUT2D eigenvalue weighted by atomic mass is 32.2. The van der Waals surface area contributed by atoms with E-state index in [9.17, 15) is 13.2 Å². The number of amides is 1. The Bertz CT molecular complexity index is 965. The first-order valence-electron chi connectivity index (χ1n) is 7.41. The van der Waals surface area contributed by atoms with Crippen LogP contribution in [0.2, 0.25) is 0 Å². The number of nitrogens with one attached hydrogen (secondary N) is 1. The fraction of sp³-hybridized carbons (Fsp3) is 0.118. The monoisotopic (exact) mass is 373 g/mol. The number of aryl methyl sites for hydroxylation is 1. The molecule has 1 aliphatic rings. The van der Waals surface area contributed by atoms with Crippen molar-refractivity contribution in [1.29, 1.82) is 0 Å². The summed E-state index contributed by atoms with van der Waals surface area (Å²) in [5, 5.41) is 10.8. The maximum atomic E-state index is 12.9. The van der Waals surface area contributed by atoms with Gasteiger partial charge in [-0.1, -0.05) is 47.7 Å². The van der Waals surface area contributed by atoms with Crippen LogP contribution in [0.25, 0.3) is 0 Å². The summed E-state index contributed by atoms with van der Waals surface area (Å²) in [4.78, 5) is 11.5. The van der Waals surface area contributed by atoms with Crippen molar-refractivity contribution in [2.45, 2.75) is 16.7 Å². The lowest BCUT2D eigenvalue weighted by molar-refractivity contribution is -0.116. The molecular weight excluding hydrogens is 358 g/mol. The highest BCUT2D eigenvalue weighted by Crippen LogP contribution is 2.23. The number of nitrogens with zero attached hydrogens (tertiary/aromatic N) is 2. The summed E-state index contributed by atoms with van der Waals surface area (Å²) in [7, 11) is -3.66. The van der Waals surface area contributed by atoms with Crippen LogP contribution in [0.1, 0.15) is 11.1 Å². The highest BCUT2D eigenvalue weighted by molar-refractivity contribution is 8.15. The molecule has 1 aliphatic heterocycles. The van der Waals surface area contributed by atoms with E-state index >= 15 is 0 Å². The molecule has 128 valence electrons. The summed E-state index contributed by atoms with van der Waals surface area (Å²) in [6.45, 7) is 1.90. The van der Waals surface area contributed by atoms with Gasteiger partial charge in [-0.05, 0) is 25.1 Å². The van der Waals surface area contributed by atoms with Crippen LogP contribution in [0, 0.1) is 6.92 Å². The highest BCUT2D eigenvalue weighted by Gasteiger charge is 2.20. The summed E-state index contributed by atoms with van der Waals surface area (Å²) < 4.78 is 25.7. The van der Waals surface area contributed by atoms with E-state index in [-0.39, 0.29) is 15.7 Å². The summed E-state index contributed by atoms with van der Waals surface area (Å²) in [6, 6.07) is 13.3. The summed E-state index contributed by atoms with van der Waals surface area (Å²) in [5.74, 6) is 0.188. The Morgan fingerprint density at radius 3 is 2.52 bits per heavy atom. The lowest BCUT2D eigenvalue weighted by atomic mass is 10.2. The van der Waals surface area contributed by atoms with Gasteiger partial charge in [-0.15, -0.1) is 5.10 Å². The average molecular weight is 373 g/mol. The average Bonchev–Trinajstić information content (AvgIpc) is 3.01. The fourth-order valence-electron chi connectivity index (χ4n) is 2.20. The summed E-state index contributed by atoms with van der Waals surface area (Å²) in [6.07, 6.45) is 1.37. The molecule has 1 fully saturated rings. The van der Waals surface area contributed by atoms with Crippen LogP contribution in [-0.2, 0) is 14.6 Å². The summed E-state index contributed by atoms with van der Waals surface area (Å²) >= 11 is 1.25. The van der Waals surface area contributed by atoms with Crippen molar-refractivity contribution < 1.29 is 13.2 Å².